The van der Waals surface area contributed by atoms with E-state index in [-0.39, 0.29) is 0 Å². The zero-order valence-electron chi connectivity index (χ0n) is 7.02. The fourth-order valence-electron chi connectivity index (χ4n) is 0.494. The van der Waals surface area contributed by atoms with Gasteiger partial charge in [-0.25, -0.2) is 0 Å². The number of rotatable bonds is 3. The molecule has 0 rings (SSSR count). The largest absolute Gasteiger partial charge is 0.386 e. The Morgan fingerprint density at radius 3 is 2.40 bits per heavy atom. The number of hydrogen-bond acceptors (Lipinski definition) is 1. The van der Waals surface area contributed by atoms with E-state index >= 15 is 0 Å². The van der Waals surface area contributed by atoms with Crippen LogP contribution in [-0.4, -0.2) is 10.7 Å². The van der Waals surface area contributed by atoms with Crippen molar-refractivity contribution in [2.24, 2.45) is 0 Å². The van der Waals surface area contributed by atoms with Crippen LogP contribution in [-0.2, 0) is 0 Å². The maximum absolute atomic E-state index is 9.41. The minimum atomic E-state index is -0.739. The molecule has 10 heavy (non-hydrogen) atoms. The van der Waals surface area contributed by atoms with Crippen LogP contribution in [0.4, 0.5) is 0 Å². The van der Waals surface area contributed by atoms with Crippen LogP contribution in [0.5, 0.6) is 0 Å². The van der Waals surface area contributed by atoms with Gasteiger partial charge in [-0.2, -0.15) is 0 Å². The summed E-state index contributed by atoms with van der Waals surface area (Å²) in [7, 11) is 0. The second-order valence-electron chi connectivity index (χ2n) is 3.05. The van der Waals surface area contributed by atoms with Gasteiger partial charge in [-0.1, -0.05) is 17.7 Å². The van der Waals surface area contributed by atoms with Gasteiger partial charge in [0.05, 0.1) is 5.60 Å². The molecular formula is C9H16O. The fraction of sp³-hybridized carbons (Fsp3) is 0.556. The molecule has 0 unspecified atom stereocenters. The molecule has 0 amide bonds. The van der Waals surface area contributed by atoms with Gasteiger partial charge < -0.3 is 5.11 Å². The maximum atomic E-state index is 9.41. The van der Waals surface area contributed by atoms with Crippen molar-refractivity contribution in [3.63, 3.8) is 0 Å². The summed E-state index contributed by atoms with van der Waals surface area (Å²) in [4.78, 5) is 0. The molecule has 0 aliphatic carbocycles. The lowest BCUT2D eigenvalue weighted by molar-refractivity contribution is 0.115. The summed E-state index contributed by atoms with van der Waals surface area (Å²) in [6.45, 7) is 9.31. The first-order valence-electron chi connectivity index (χ1n) is 3.47. The van der Waals surface area contributed by atoms with Crippen molar-refractivity contribution in [3.05, 3.63) is 24.3 Å². The van der Waals surface area contributed by atoms with Crippen molar-refractivity contribution in [2.75, 3.05) is 0 Å². The molecule has 0 heterocycles. The monoisotopic (exact) mass is 140 g/mol. The zero-order valence-corrected chi connectivity index (χ0v) is 7.02. The molecule has 0 aromatic rings. The Bertz CT molecular complexity index is 139. The van der Waals surface area contributed by atoms with E-state index < -0.39 is 5.60 Å². The van der Waals surface area contributed by atoms with E-state index in [4.69, 9.17) is 0 Å². The van der Waals surface area contributed by atoms with Crippen molar-refractivity contribution < 1.29 is 5.11 Å². The lowest BCUT2D eigenvalue weighted by Crippen LogP contribution is -2.18. The fourth-order valence-corrected chi connectivity index (χ4v) is 0.494. The predicted octanol–water partition coefficient (Wildman–Crippen LogP) is 2.28. The number of allylic oxidation sites excluding steroid dienone is 1. The van der Waals surface area contributed by atoms with E-state index in [1.54, 1.807) is 13.0 Å². The van der Waals surface area contributed by atoms with Gasteiger partial charge in [0.15, 0.2) is 0 Å². The highest BCUT2D eigenvalue weighted by Gasteiger charge is 2.11. The molecule has 1 N–H and O–H groups in total. The molecule has 0 saturated heterocycles. The van der Waals surface area contributed by atoms with E-state index in [2.05, 4.69) is 6.58 Å². The van der Waals surface area contributed by atoms with E-state index in [0.717, 1.165) is 0 Å². The Labute approximate surface area is 63.1 Å². The average molecular weight is 140 g/mol. The Morgan fingerprint density at radius 1 is 1.60 bits per heavy atom. The Morgan fingerprint density at radius 2 is 2.10 bits per heavy atom. The highest BCUT2D eigenvalue weighted by Crippen LogP contribution is 2.11. The van der Waals surface area contributed by atoms with Gasteiger partial charge >= 0.3 is 0 Å². The van der Waals surface area contributed by atoms with Crippen molar-refractivity contribution in [3.8, 4) is 0 Å². The molecule has 0 fully saturated rings. The molecule has 0 spiro atoms. The second kappa shape index (κ2) is 3.57. The summed E-state index contributed by atoms with van der Waals surface area (Å²) in [5.41, 5.74) is 0.485. The topological polar surface area (TPSA) is 20.2 Å². The average Bonchev–Trinajstić information content (AvgIpc) is 1.85. The van der Waals surface area contributed by atoms with E-state index in [9.17, 15) is 5.11 Å². The molecule has 0 radical (unpaired) electrons. The van der Waals surface area contributed by atoms with Gasteiger partial charge in [-0.15, -0.1) is 6.58 Å². The van der Waals surface area contributed by atoms with Crippen LogP contribution in [0.2, 0.25) is 0 Å². The standard InChI is InChI=1S/C9H16O/c1-5-9(4,10)7-6-8(2)3/h5-6,10H,1,7H2,2-4H3/t9-/m1/s1. The van der Waals surface area contributed by atoms with Crippen LogP contribution in [0.25, 0.3) is 0 Å². The van der Waals surface area contributed by atoms with Crippen LogP contribution in [0.3, 0.4) is 0 Å². The molecule has 0 bridgehead atoms. The molecule has 0 aliphatic heterocycles. The van der Waals surface area contributed by atoms with Gasteiger partial charge in [0.2, 0.25) is 0 Å². The van der Waals surface area contributed by atoms with Gasteiger partial charge in [0.25, 0.3) is 0 Å². The van der Waals surface area contributed by atoms with E-state index in [1.165, 1.54) is 5.57 Å². The molecule has 1 heteroatoms. The normalized spacial score (nSPS) is 15.6. The predicted molar refractivity (Wildman–Crippen MR) is 44.9 cm³/mol. The first-order valence-corrected chi connectivity index (χ1v) is 3.47. The third-order valence-electron chi connectivity index (χ3n) is 1.36. The zero-order chi connectivity index (χ0) is 8.20. The highest BCUT2D eigenvalue weighted by molar-refractivity contribution is 5.02. The number of aliphatic hydroxyl groups is 1. The van der Waals surface area contributed by atoms with Crippen LogP contribution in [0.1, 0.15) is 27.2 Å². The maximum Gasteiger partial charge on any atom is 0.0831 e. The van der Waals surface area contributed by atoms with Gasteiger partial charge in [0, 0.05) is 0 Å². The van der Waals surface area contributed by atoms with E-state index in [1.807, 2.05) is 19.9 Å². The lowest BCUT2D eigenvalue weighted by atomic mass is 10.0. The van der Waals surface area contributed by atoms with Crippen LogP contribution >= 0.6 is 0 Å². The minimum Gasteiger partial charge on any atom is -0.386 e. The van der Waals surface area contributed by atoms with Crippen molar-refractivity contribution >= 4 is 0 Å². The third-order valence-corrected chi connectivity index (χ3v) is 1.36. The smallest absolute Gasteiger partial charge is 0.0831 e. The van der Waals surface area contributed by atoms with Gasteiger partial charge in [-0.05, 0) is 27.2 Å². The van der Waals surface area contributed by atoms with Crippen molar-refractivity contribution in [2.45, 2.75) is 32.8 Å². The molecule has 58 valence electrons. The number of hydrogen-bond donors (Lipinski definition) is 1. The first kappa shape index (κ1) is 9.44. The summed E-state index contributed by atoms with van der Waals surface area (Å²) >= 11 is 0. The summed E-state index contributed by atoms with van der Waals surface area (Å²) < 4.78 is 0. The Hall–Kier alpha value is -0.560. The molecule has 1 nitrogen and oxygen atoms in total. The van der Waals surface area contributed by atoms with Gasteiger partial charge in [0.1, 0.15) is 0 Å². The second-order valence-corrected chi connectivity index (χ2v) is 3.05. The molecule has 0 aromatic carbocycles. The van der Waals surface area contributed by atoms with E-state index in [0.29, 0.717) is 6.42 Å². The summed E-state index contributed by atoms with van der Waals surface area (Å²) in [6.07, 6.45) is 4.22. The molecular weight excluding hydrogens is 124 g/mol. The quantitative estimate of drug-likeness (QED) is 0.596. The van der Waals surface area contributed by atoms with Crippen molar-refractivity contribution in [1.29, 1.82) is 0 Å². The first-order chi connectivity index (χ1) is 4.48. The third kappa shape index (κ3) is 4.33. The molecule has 1 atom stereocenters. The molecule has 0 aromatic heterocycles. The highest BCUT2D eigenvalue weighted by atomic mass is 16.3. The van der Waals surface area contributed by atoms with Crippen LogP contribution in [0, 0.1) is 0 Å². The van der Waals surface area contributed by atoms with Crippen molar-refractivity contribution in [1.82, 2.24) is 0 Å². The lowest BCUT2D eigenvalue weighted by Gasteiger charge is -2.15. The van der Waals surface area contributed by atoms with Crippen LogP contribution in [0.15, 0.2) is 24.3 Å². The Balaban J connectivity index is 3.90. The molecule has 0 aliphatic rings. The van der Waals surface area contributed by atoms with Gasteiger partial charge in [-0.3, -0.25) is 0 Å². The molecule has 0 saturated carbocycles. The summed E-state index contributed by atoms with van der Waals surface area (Å²) in [5.74, 6) is 0. The summed E-state index contributed by atoms with van der Waals surface area (Å²) in [6, 6.07) is 0. The summed E-state index contributed by atoms with van der Waals surface area (Å²) in [5, 5.41) is 9.41. The Kier molecular flexibility index (Phi) is 3.37. The SMILES string of the molecule is C=C[C@@](C)(O)CC=C(C)C. The minimum absolute atomic E-state index is 0.652. The van der Waals surface area contributed by atoms with Crippen LogP contribution < -0.4 is 0 Å².